The van der Waals surface area contributed by atoms with Gasteiger partial charge in [-0.1, -0.05) is 145 Å². The van der Waals surface area contributed by atoms with Crippen molar-refractivity contribution in [2.45, 2.75) is 132 Å². The van der Waals surface area contributed by atoms with E-state index in [9.17, 15) is 14.4 Å². The van der Waals surface area contributed by atoms with Crippen LogP contribution in [0.25, 0.3) is 0 Å². The average Bonchev–Trinajstić information content (AvgIpc) is 3.35. The summed E-state index contributed by atoms with van der Waals surface area (Å²) in [5.41, 5.74) is 6.42. The fourth-order valence-electron chi connectivity index (χ4n) is 8.48. The Balaban J connectivity index is 0.000000234. The van der Waals surface area contributed by atoms with Crippen LogP contribution in [0.4, 0.5) is 11.4 Å². The Morgan fingerprint density at radius 2 is 0.971 bits per heavy atom. The second kappa shape index (κ2) is 25.0. The second-order valence-electron chi connectivity index (χ2n) is 20.3. The summed E-state index contributed by atoms with van der Waals surface area (Å²) in [6.45, 7) is 14.6. The molecule has 7 rings (SSSR count). The zero-order chi connectivity index (χ0) is 48.7. The van der Waals surface area contributed by atoms with E-state index in [2.05, 4.69) is 92.4 Å². The summed E-state index contributed by atoms with van der Waals surface area (Å²) in [6, 6.07) is 38.9. The van der Waals surface area contributed by atoms with Gasteiger partial charge in [-0.3, -0.25) is 9.59 Å². The zero-order valence-corrected chi connectivity index (χ0v) is 43.5. The van der Waals surface area contributed by atoms with E-state index < -0.39 is 10.1 Å². The fraction of sp³-hybridized carbons (Fsp3) is 0.431. The number of carbonyl (C=O) groups excluding carboxylic acids is 3. The van der Waals surface area contributed by atoms with Gasteiger partial charge in [-0.25, -0.2) is 4.79 Å². The van der Waals surface area contributed by atoms with Crippen LogP contribution in [-0.2, 0) is 25.2 Å². The van der Waals surface area contributed by atoms with Crippen LogP contribution in [0, 0.1) is 11.8 Å². The highest BCUT2D eigenvalue weighted by atomic mass is 79.9. The van der Waals surface area contributed by atoms with E-state index in [0.717, 1.165) is 52.1 Å². The number of hydrogen-bond donors (Lipinski definition) is 2. The van der Waals surface area contributed by atoms with Crippen molar-refractivity contribution in [2.75, 3.05) is 31.0 Å². The molecule has 2 amide bonds. The van der Waals surface area contributed by atoms with Crippen LogP contribution in [0.5, 0.6) is 11.5 Å². The van der Waals surface area contributed by atoms with Crippen molar-refractivity contribution in [3.8, 4) is 11.5 Å². The molecule has 2 N–H and O–H groups in total. The lowest BCUT2D eigenvalue weighted by Gasteiger charge is -2.22. The molecular formula is C58H71BrN2O6S. The lowest BCUT2D eigenvalue weighted by molar-refractivity contribution is -0.116. The predicted molar refractivity (Wildman–Crippen MR) is 283 cm³/mol. The van der Waals surface area contributed by atoms with Gasteiger partial charge in [0.05, 0.1) is 25.9 Å². The molecule has 2 unspecified atom stereocenters. The third-order valence-corrected chi connectivity index (χ3v) is 15.0. The Morgan fingerprint density at radius 3 is 1.38 bits per heavy atom. The number of methoxy groups -OCH3 is 1. The average molecular weight is 1000 g/mol. The van der Waals surface area contributed by atoms with E-state index in [1.54, 1.807) is 12.1 Å². The van der Waals surface area contributed by atoms with Crippen molar-refractivity contribution in [3.05, 3.63) is 149 Å². The van der Waals surface area contributed by atoms with Gasteiger partial charge < -0.3 is 24.8 Å². The van der Waals surface area contributed by atoms with Crippen LogP contribution < -0.4 is 20.1 Å². The van der Waals surface area contributed by atoms with Gasteiger partial charge in [-0.15, -0.1) is 11.8 Å². The summed E-state index contributed by atoms with van der Waals surface area (Å²) in [6.07, 6.45) is 13.0. The Morgan fingerprint density at radius 1 is 0.559 bits per heavy atom. The first-order valence-electron chi connectivity index (χ1n) is 24.3. The summed E-state index contributed by atoms with van der Waals surface area (Å²) in [4.78, 5) is 38.6. The number of alkyl halides is 1. The smallest absolute Gasteiger partial charge is 0.337 e. The van der Waals surface area contributed by atoms with E-state index in [1.165, 1.54) is 94.2 Å². The molecule has 2 saturated carbocycles. The fourth-order valence-corrected chi connectivity index (χ4v) is 9.92. The molecule has 2 atom stereocenters. The van der Waals surface area contributed by atoms with Gasteiger partial charge >= 0.3 is 5.97 Å². The first kappa shape index (κ1) is 52.3. The van der Waals surface area contributed by atoms with Gasteiger partial charge in [0.15, 0.2) is 0 Å². The van der Waals surface area contributed by atoms with Gasteiger partial charge in [-0.2, -0.15) is 0 Å². The first-order valence-corrected chi connectivity index (χ1v) is 26.1. The van der Waals surface area contributed by atoms with Crippen LogP contribution in [0.2, 0.25) is 0 Å². The van der Waals surface area contributed by atoms with Gasteiger partial charge in [0.2, 0.25) is 11.8 Å². The molecule has 362 valence electrons. The summed E-state index contributed by atoms with van der Waals surface area (Å²) >= 11 is 4.98. The molecule has 0 heterocycles. The van der Waals surface area contributed by atoms with E-state index in [4.69, 9.17) is 14.2 Å². The Kier molecular flexibility index (Phi) is 19.2. The molecule has 0 aliphatic heterocycles. The third kappa shape index (κ3) is 16.0. The molecule has 5 aromatic carbocycles. The van der Waals surface area contributed by atoms with Crippen molar-refractivity contribution in [1.82, 2.24) is 0 Å². The minimum absolute atomic E-state index is 0.0218. The van der Waals surface area contributed by atoms with Crippen LogP contribution in [0.1, 0.15) is 148 Å². The Bertz CT molecular complexity index is 2340. The van der Waals surface area contributed by atoms with Gasteiger partial charge in [0.25, 0.3) is 0 Å². The topological polar surface area (TPSA) is 103 Å². The largest absolute Gasteiger partial charge is 0.493 e. The van der Waals surface area contributed by atoms with E-state index in [1.807, 2.05) is 84.9 Å². The summed E-state index contributed by atoms with van der Waals surface area (Å²) in [7, 11) is 1.36. The number of rotatable bonds is 15. The number of halogens is 1. The lowest BCUT2D eigenvalue weighted by atomic mass is 9.86. The number of esters is 1. The second-order valence-corrected chi connectivity index (χ2v) is 22.4. The molecule has 0 aromatic heterocycles. The molecule has 68 heavy (non-hydrogen) atoms. The van der Waals surface area contributed by atoms with E-state index >= 15 is 0 Å². The third-order valence-electron chi connectivity index (χ3n) is 12.8. The van der Waals surface area contributed by atoms with Gasteiger partial charge in [0, 0.05) is 16.3 Å². The molecule has 2 aliphatic rings. The summed E-state index contributed by atoms with van der Waals surface area (Å²) in [5, 5.41) is 5.58. The number of anilines is 2. The molecule has 0 bridgehead atoms. The SMILES string of the molecule is CC(C)(C)c1ccc(C(Br)C(=O)Nc2ccc(OCC3CCCCC3)cc2)cc1.COC(=O)c1ccc(SC(C(=O)Nc2ccc(OCC3CCCCC3)cc2)c2ccc(C(C)(C)C)cc2)cc1. The van der Waals surface area contributed by atoms with Crippen molar-refractivity contribution in [2.24, 2.45) is 11.8 Å². The molecule has 2 aliphatic carbocycles. The lowest BCUT2D eigenvalue weighted by Crippen LogP contribution is -2.19. The Hall–Kier alpha value is -5.06. The van der Waals surface area contributed by atoms with Crippen LogP contribution in [0.15, 0.2) is 126 Å². The maximum absolute atomic E-state index is 13.6. The number of benzene rings is 5. The summed E-state index contributed by atoms with van der Waals surface area (Å²) in [5.74, 6) is 2.43. The zero-order valence-electron chi connectivity index (χ0n) is 41.1. The summed E-state index contributed by atoms with van der Waals surface area (Å²) < 4.78 is 16.8. The molecular weight excluding hydrogens is 933 g/mol. The molecule has 0 saturated heterocycles. The number of nitrogens with one attached hydrogen (secondary N) is 2. The van der Waals surface area contributed by atoms with Gasteiger partial charge in [0.1, 0.15) is 21.6 Å². The van der Waals surface area contributed by atoms with Crippen molar-refractivity contribution >= 4 is 56.9 Å². The van der Waals surface area contributed by atoms with Crippen LogP contribution in [0.3, 0.4) is 0 Å². The maximum atomic E-state index is 13.6. The standard InChI is InChI=1S/C33H39NO4S.C25H32BrNO2/c1-33(2,3)26-14-10-24(11-15-26)30(39-29-20-12-25(13-21-29)32(36)37-4)31(35)34-27-16-18-28(19-17-27)38-22-23-8-6-5-7-9-23;1-25(2,3)20-11-9-19(10-12-20)23(26)24(28)27-21-13-15-22(16-14-21)29-17-18-7-5-4-6-8-18/h10-21,23,30H,5-9,22H2,1-4H3,(H,34,35);9-16,18,23H,4-8,17H2,1-3H3,(H,27,28). The van der Waals surface area contributed by atoms with Crippen molar-refractivity contribution < 1.29 is 28.6 Å². The van der Waals surface area contributed by atoms with E-state index in [-0.39, 0.29) is 28.6 Å². The maximum Gasteiger partial charge on any atom is 0.337 e. The molecule has 8 nitrogen and oxygen atoms in total. The number of hydrogen-bond acceptors (Lipinski definition) is 7. The number of carbonyl (C=O) groups is 3. The monoisotopic (exact) mass is 1000 g/mol. The minimum atomic E-state index is -0.481. The highest BCUT2D eigenvalue weighted by Crippen LogP contribution is 2.38. The molecule has 0 radical (unpaired) electrons. The minimum Gasteiger partial charge on any atom is -0.493 e. The quantitative estimate of drug-likeness (QED) is 0.0612. The van der Waals surface area contributed by atoms with Crippen molar-refractivity contribution in [3.63, 3.8) is 0 Å². The Labute approximate surface area is 418 Å². The molecule has 10 heteroatoms. The van der Waals surface area contributed by atoms with Crippen LogP contribution >= 0.6 is 27.7 Å². The highest BCUT2D eigenvalue weighted by molar-refractivity contribution is 9.09. The molecule has 2 fully saturated rings. The first-order chi connectivity index (χ1) is 32.5. The van der Waals surface area contributed by atoms with Crippen molar-refractivity contribution in [1.29, 1.82) is 0 Å². The van der Waals surface area contributed by atoms with Gasteiger partial charge in [-0.05, 0) is 143 Å². The highest BCUT2D eigenvalue weighted by Gasteiger charge is 2.25. The molecule has 0 spiro atoms. The van der Waals surface area contributed by atoms with E-state index in [0.29, 0.717) is 17.4 Å². The number of ether oxygens (including phenoxy) is 3. The van der Waals surface area contributed by atoms with Crippen LogP contribution in [-0.4, -0.2) is 38.1 Å². The predicted octanol–water partition coefficient (Wildman–Crippen LogP) is 15.2. The normalized spacial score (nSPS) is 15.5. The number of amides is 2. The molecule has 5 aromatic rings. The number of thioether (sulfide) groups is 1.